The molecule has 1 heterocycles. The molecule has 3 aromatic carbocycles. The molecule has 2 aliphatic carbocycles. The fraction of sp³-hybridized carbons (Fsp3) is 0.444. The van der Waals surface area contributed by atoms with Crippen LogP contribution in [0.25, 0.3) is 0 Å². The highest BCUT2D eigenvalue weighted by Gasteiger charge is 2.65. The van der Waals surface area contributed by atoms with Gasteiger partial charge in [0.15, 0.2) is 0 Å². The number of benzene rings is 3. The number of hydrogen-bond donors (Lipinski definition) is 2. The summed E-state index contributed by atoms with van der Waals surface area (Å²) in [5.74, 6) is -1.11. The zero-order valence-electron chi connectivity index (χ0n) is 33.1. The van der Waals surface area contributed by atoms with Crippen molar-refractivity contribution in [3.05, 3.63) is 118 Å². The van der Waals surface area contributed by atoms with E-state index in [-0.39, 0.29) is 55.6 Å². The molecule has 0 unspecified atom stereocenters. The van der Waals surface area contributed by atoms with Crippen LogP contribution in [0, 0.1) is 39.2 Å². The molecule has 3 aliphatic rings. The van der Waals surface area contributed by atoms with Gasteiger partial charge in [-0.1, -0.05) is 43.1 Å². The standard InChI is InChI=1S/C45H52N4O9/c1-4-21-48(44(52)31-17-15-30(29-46)16-18-31)41-28-39(47-55-3)37-25-32(11-6-8-22-50)36(14-7-9-23-51)42-38-27-35(57-34-13-10-12-33(26-34)49(53)54)19-20-40(38)58-45(41,43(37)42)56-24-5-2/h5,10,12-13,15-20,25-27,32,36,41-43,50-51H,2,4,6-9,11,14,21-24,28H2,1,3H3/t32-,36+,41-,42+,43+,45+/m0/s1. The molecule has 13 nitrogen and oxygen atoms in total. The Balaban J connectivity index is 1.58. The van der Waals surface area contributed by atoms with Crippen LogP contribution in [0.4, 0.5) is 5.69 Å². The topological polar surface area (TPSA) is 177 Å². The normalized spacial score (nSPS) is 23.7. The Morgan fingerprint density at radius 3 is 2.50 bits per heavy atom. The van der Waals surface area contributed by atoms with Gasteiger partial charge in [-0.25, -0.2) is 0 Å². The second kappa shape index (κ2) is 19.3. The Hall–Kier alpha value is -5.55. The van der Waals surface area contributed by atoms with Gasteiger partial charge in [0.25, 0.3) is 11.6 Å². The summed E-state index contributed by atoms with van der Waals surface area (Å²) in [4.78, 5) is 33.2. The van der Waals surface area contributed by atoms with Crippen molar-refractivity contribution >= 4 is 17.3 Å². The number of amides is 1. The van der Waals surface area contributed by atoms with Crippen LogP contribution in [0.1, 0.15) is 85.7 Å². The lowest BCUT2D eigenvalue weighted by Gasteiger charge is -2.60. The molecule has 1 aliphatic heterocycles. The number of nitro groups is 1. The summed E-state index contributed by atoms with van der Waals surface area (Å²) in [6, 6.07) is 19.6. The number of ether oxygens (including phenoxy) is 3. The zero-order chi connectivity index (χ0) is 41.2. The second-order valence-electron chi connectivity index (χ2n) is 15.0. The molecule has 6 atom stereocenters. The van der Waals surface area contributed by atoms with Crippen LogP contribution < -0.4 is 9.47 Å². The van der Waals surface area contributed by atoms with Gasteiger partial charge in [0.05, 0.1) is 40.9 Å². The Morgan fingerprint density at radius 1 is 1.09 bits per heavy atom. The van der Waals surface area contributed by atoms with Crippen LogP contribution in [-0.2, 0) is 9.57 Å². The third-order valence-corrected chi connectivity index (χ3v) is 11.5. The average molecular weight is 793 g/mol. The first kappa shape index (κ1) is 42.1. The van der Waals surface area contributed by atoms with E-state index in [2.05, 4.69) is 23.9 Å². The van der Waals surface area contributed by atoms with E-state index in [9.17, 15) is 30.4 Å². The molecule has 3 aromatic rings. The molecule has 0 spiro atoms. The first-order valence-electron chi connectivity index (χ1n) is 20.1. The van der Waals surface area contributed by atoms with E-state index in [0.29, 0.717) is 59.9 Å². The fourth-order valence-corrected chi connectivity index (χ4v) is 9.11. The maximum absolute atomic E-state index is 14.7. The monoisotopic (exact) mass is 792 g/mol. The Bertz CT molecular complexity index is 2040. The number of aliphatic hydroxyl groups is 2. The molecule has 0 bridgehead atoms. The molecule has 58 heavy (non-hydrogen) atoms. The minimum Gasteiger partial charge on any atom is -0.459 e. The lowest BCUT2D eigenvalue weighted by molar-refractivity contribution is -0.384. The van der Waals surface area contributed by atoms with Gasteiger partial charge < -0.3 is 34.2 Å². The summed E-state index contributed by atoms with van der Waals surface area (Å²) >= 11 is 0. The number of unbranched alkanes of at least 4 members (excludes halogenated alkanes) is 2. The van der Waals surface area contributed by atoms with Gasteiger partial charge in [0.2, 0.25) is 5.79 Å². The van der Waals surface area contributed by atoms with Crippen molar-refractivity contribution in [3.63, 3.8) is 0 Å². The number of fused-ring (bicyclic) bond motifs is 2. The number of hydrogen-bond acceptors (Lipinski definition) is 11. The molecule has 13 heteroatoms. The van der Waals surface area contributed by atoms with Gasteiger partial charge in [0.1, 0.15) is 30.4 Å². The second-order valence-corrected chi connectivity index (χ2v) is 15.0. The van der Waals surface area contributed by atoms with Gasteiger partial charge in [-0.2, -0.15) is 5.26 Å². The number of non-ortho nitro benzene ring substituents is 1. The van der Waals surface area contributed by atoms with Crippen LogP contribution in [0.2, 0.25) is 0 Å². The first-order valence-corrected chi connectivity index (χ1v) is 20.1. The number of nitriles is 1. The Kier molecular flexibility index (Phi) is 14.0. The molecule has 306 valence electrons. The van der Waals surface area contributed by atoms with E-state index < -0.39 is 22.7 Å². The average Bonchev–Trinajstić information content (AvgIpc) is 3.24. The molecule has 0 aromatic heterocycles. The van der Waals surface area contributed by atoms with Gasteiger partial charge >= 0.3 is 0 Å². The fourth-order valence-electron chi connectivity index (χ4n) is 9.11. The van der Waals surface area contributed by atoms with E-state index in [1.54, 1.807) is 48.5 Å². The number of carbonyl (C=O) groups is 1. The molecule has 0 radical (unpaired) electrons. The molecule has 2 N–H and O–H groups in total. The molecule has 1 amide bonds. The van der Waals surface area contributed by atoms with Crippen molar-refractivity contribution in [1.82, 2.24) is 4.90 Å². The third kappa shape index (κ3) is 8.65. The molecule has 1 saturated carbocycles. The number of allylic oxidation sites excluding steroid dienone is 1. The summed E-state index contributed by atoms with van der Waals surface area (Å²) in [6.07, 6.45) is 9.19. The molecule has 1 fully saturated rings. The number of rotatable bonds is 19. The number of aliphatic hydroxyl groups excluding tert-OH is 2. The Labute approximate surface area is 339 Å². The summed E-state index contributed by atoms with van der Waals surface area (Å²) < 4.78 is 20.5. The zero-order valence-corrected chi connectivity index (χ0v) is 33.1. The van der Waals surface area contributed by atoms with E-state index in [1.165, 1.54) is 19.2 Å². The summed E-state index contributed by atoms with van der Waals surface area (Å²) in [5.41, 5.74) is 3.20. The molecule has 6 rings (SSSR count). The maximum Gasteiger partial charge on any atom is 0.273 e. The number of nitro benzene ring substituents is 1. The minimum atomic E-state index is -1.43. The molecular weight excluding hydrogens is 741 g/mol. The highest BCUT2D eigenvalue weighted by molar-refractivity contribution is 6.03. The SMILES string of the molecule is C=CCO[C@@]12Oc3ccc(Oc4cccc([N+](=O)[O-])c4)cc3[C@H]3[C@H](CCCCO)[C@@H](CCCCO)C=C(C(=NOC)C[C@@H]1N(CCC)C(=O)c1ccc(C#N)cc1)[C@H]32. The van der Waals surface area contributed by atoms with Crippen molar-refractivity contribution in [1.29, 1.82) is 5.26 Å². The highest BCUT2D eigenvalue weighted by atomic mass is 16.7. The lowest BCUT2D eigenvalue weighted by Crippen LogP contribution is -2.70. The highest BCUT2D eigenvalue weighted by Crippen LogP contribution is 2.62. The minimum absolute atomic E-state index is 0.00203. The summed E-state index contributed by atoms with van der Waals surface area (Å²) in [7, 11) is 1.51. The summed E-state index contributed by atoms with van der Waals surface area (Å²) in [5, 5.41) is 45.4. The van der Waals surface area contributed by atoms with Crippen molar-refractivity contribution in [2.24, 2.45) is 22.9 Å². The maximum atomic E-state index is 14.7. The van der Waals surface area contributed by atoms with Crippen molar-refractivity contribution in [2.75, 3.05) is 33.5 Å². The predicted molar refractivity (Wildman–Crippen MR) is 218 cm³/mol. The van der Waals surface area contributed by atoms with Crippen LogP contribution >= 0.6 is 0 Å². The van der Waals surface area contributed by atoms with Crippen molar-refractivity contribution in [2.45, 2.75) is 76.0 Å². The molecular formula is C45H52N4O9. The lowest BCUT2D eigenvalue weighted by atomic mass is 9.55. The third-order valence-electron chi connectivity index (χ3n) is 11.5. The Morgan fingerprint density at radius 2 is 1.83 bits per heavy atom. The summed E-state index contributed by atoms with van der Waals surface area (Å²) in [6.45, 7) is 6.61. The number of nitrogens with zero attached hydrogens (tertiary/aromatic N) is 4. The number of carbonyl (C=O) groups excluding carboxylic acids is 1. The predicted octanol–water partition coefficient (Wildman–Crippen LogP) is 8.07. The van der Waals surface area contributed by atoms with E-state index in [4.69, 9.17) is 19.0 Å². The smallest absolute Gasteiger partial charge is 0.273 e. The molecule has 0 saturated heterocycles. The van der Waals surface area contributed by atoms with Gasteiger partial charge in [-0.05, 0) is 98.0 Å². The van der Waals surface area contributed by atoms with Gasteiger partial charge in [0, 0.05) is 49.3 Å². The van der Waals surface area contributed by atoms with Gasteiger partial charge in [-0.15, -0.1) is 6.58 Å². The van der Waals surface area contributed by atoms with E-state index in [0.717, 1.165) is 36.8 Å². The van der Waals surface area contributed by atoms with Crippen LogP contribution in [0.3, 0.4) is 0 Å². The van der Waals surface area contributed by atoms with Crippen molar-refractivity contribution < 1.29 is 39.0 Å². The number of oxime groups is 1. The van der Waals surface area contributed by atoms with Crippen LogP contribution in [-0.4, -0.2) is 77.0 Å². The largest absolute Gasteiger partial charge is 0.459 e. The van der Waals surface area contributed by atoms with Crippen molar-refractivity contribution in [3.8, 4) is 23.3 Å². The van der Waals surface area contributed by atoms with E-state index in [1.807, 2.05) is 24.0 Å². The quantitative estimate of drug-likeness (QED) is 0.0522. The van der Waals surface area contributed by atoms with Crippen LogP contribution in [0.5, 0.6) is 17.2 Å². The first-order chi connectivity index (χ1) is 28.2. The van der Waals surface area contributed by atoms with Crippen LogP contribution in [0.15, 0.2) is 96.2 Å². The van der Waals surface area contributed by atoms with Gasteiger partial charge in [-0.3, -0.25) is 14.9 Å². The van der Waals surface area contributed by atoms with E-state index >= 15 is 0 Å².